The number of hydrogen-bond donors (Lipinski definition) is 3. The molecule has 1 aliphatic rings. The van der Waals surface area contributed by atoms with Crippen LogP contribution >= 0.6 is 23.2 Å². The predicted octanol–water partition coefficient (Wildman–Crippen LogP) is 3.60. The van der Waals surface area contributed by atoms with Crippen LogP contribution in [0.5, 0.6) is 5.75 Å². The zero-order chi connectivity index (χ0) is 25.2. The molecule has 0 radical (unpaired) electrons. The molecule has 0 unspecified atom stereocenters. The zero-order valence-corrected chi connectivity index (χ0v) is 21.0. The van der Waals surface area contributed by atoms with Crippen LogP contribution in [-0.4, -0.2) is 69.4 Å². The molecule has 5 rings (SSSR count). The third-order valence-electron chi connectivity index (χ3n) is 6.03. The molecule has 4 aromatic rings. The number of aliphatic hydroxyl groups is 1. The minimum absolute atomic E-state index is 0.270. The standard InChI is InChI=1S/C24H24Cl2N8O2/c1-36-15-7-5-14(6-8-15)28-24(27)34-11-9-33(10-12-34)23-18(13-35)29-21-20(31-32-22(21)30-23)16-3-2-4-17(25)19(16)26/h2-8,35H,9-13H2,1H3,(H2,27,28)(H,30,31,32). The van der Waals surface area contributed by atoms with Crippen LogP contribution < -0.4 is 15.4 Å². The maximum Gasteiger partial charge on any atom is 0.202 e. The first-order valence-electron chi connectivity index (χ1n) is 11.3. The van der Waals surface area contributed by atoms with E-state index in [0.29, 0.717) is 76.1 Å². The van der Waals surface area contributed by atoms with Crippen LogP contribution in [0.4, 0.5) is 11.5 Å². The van der Waals surface area contributed by atoms with Gasteiger partial charge in [-0.3, -0.25) is 5.10 Å². The Balaban J connectivity index is 1.36. The van der Waals surface area contributed by atoms with Crippen LogP contribution in [0, 0.1) is 0 Å². The van der Waals surface area contributed by atoms with Crippen molar-refractivity contribution < 1.29 is 9.84 Å². The molecule has 1 saturated heterocycles. The largest absolute Gasteiger partial charge is 0.497 e. The SMILES string of the molecule is COc1ccc(N=C(N)N2CCN(c3nc4n[nH]c(-c5cccc(Cl)c5Cl)c4nc3CO)CC2)cc1. The summed E-state index contributed by atoms with van der Waals surface area (Å²) < 4.78 is 5.18. The molecule has 0 saturated carbocycles. The van der Waals surface area contributed by atoms with Crippen molar-refractivity contribution in [3.63, 3.8) is 0 Å². The highest BCUT2D eigenvalue weighted by atomic mass is 35.5. The van der Waals surface area contributed by atoms with Gasteiger partial charge in [0.05, 0.1) is 35.1 Å². The molecular weight excluding hydrogens is 503 g/mol. The number of anilines is 1. The monoisotopic (exact) mass is 526 g/mol. The number of ether oxygens (including phenoxy) is 1. The molecule has 10 nitrogen and oxygen atoms in total. The van der Waals surface area contributed by atoms with Gasteiger partial charge < -0.3 is 25.4 Å². The molecular formula is C24H24Cl2N8O2. The lowest BCUT2D eigenvalue weighted by Crippen LogP contribution is -2.51. The second kappa shape index (κ2) is 10.2. The van der Waals surface area contributed by atoms with Gasteiger partial charge in [0.1, 0.15) is 17.0 Å². The van der Waals surface area contributed by atoms with E-state index >= 15 is 0 Å². The van der Waals surface area contributed by atoms with Gasteiger partial charge in [-0.2, -0.15) is 5.10 Å². The minimum atomic E-state index is -0.270. The number of nitrogens with zero attached hydrogens (tertiary/aromatic N) is 6. The number of guanidine groups is 1. The number of fused-ring (bicyclic) bond motifs is 1. The van der Waals surface area contributed by atoms with Crippen LogP contribution in [0.25, 0.3) is 22.4 Å². The van der Waals surface area contributed by atoms with Gasteiger partial charge in [-0.25, -0.2) is 15.0 Å². The van der Waals surface area contributed by atoms with Crippen molar-refractivity contribution in [1.82, 2.24) is 25.1 Å². The molecule has 0 amide bonds. The third kappa shape index (κ3) is 4.62. The lowest BCUT2D eigenvalue weighted by molar-refractivity contribution is 0.276. The summed E-state index contributed by atoms with van der Waals surface area (Å²) >= 11 is 12.6. The molecule has 1 fully saturated rings. The lowest BCUT2D eigenvalue weighted by atomic mass is 10.1. The highest BCUT2D eigenvalue weighted by molar-refractivity contribution is 6.43. The number of aromatic amines is 1. The normalized spacial score (nSPS) is 14.5. The first-order chi connectivity index (χ1) is 17.5. The molecule has 12 heteroatoms. The first-order valence-corrected chi connectivity index (χ1v) is 12.0. The number of H-pyrrole nitrogens is 1. The molecule has 0 spiro atoms. The molecule has 2 aromatic heterocycles. The summed E-state index contributed by atoms with van der Waals surface area (Å²) in [5.41, 5.74) is 9.68. The van der Waals surface area contributed by atoms with E-state index in [-0.39, 0.29) is 6.61 Å². The van der Waals surface area contributed by atoms with Crippen LogP contribution in [-0.2, 0) is 6.61 Å². The van der Waals surface area contributed by atoms with Crippen LogP contribution in [0.2, 0.25) is 10.0 Å². The van der Waals surface area contributed by atoms with Gasteiger partial charge in [-0.15, -0.1) is 0 Å². The number of benzene rings is 2. The van der Waals surface area contributed by atoms with E-state index in [2.05, 4.69) is 25.1 Å². The zero-order valence-electron chi connectivity index (χ0n) is 19.4. The Morgan fingerprint density at radius 3 is 2.56 bits per heavy atom. The van der Waals surface area contributed by atoms with Crippen molar-refractivity contribution in [3.8, 4) is 17.0 Å². The maximum atomic E-state index is 10.1. The van der Waals surface area contributed by atoms with E-state index in [0.717, 1.165) is 11.4 Å². The first kappa shape index (κ1) is 24.1. The van der Waals surface area contributed by atoms with Crippen molar-refractivity contribution in [2.24, 2.45) is 10.7 Å². The van der Waals surface area contributed by atoms with Gasteiger partial charge in [0, 0.05) is 31.7 Å². The fraction of sp³-hybridized carbons (Fsp3) is 0.250. The number of nitrogens with one attached hydrogen (secondary N) is 1. The fourth-order valence-corrected chi connectivity index (χ4v) is 4.51. The average molecular weight is 527 g/mol. The molecule has 36 heavy (non-hydrogen) atoms. The van der Waals surface area contributed by atoms with Gasteiger partial charge in [-0.1, -0.05) is 35.3 Å². The number of aliphatic hydroxyl groups excluding tert-OH is 1. The van der Waals surface area contributed by atoms with E-state index in [4.69, 9.17) is 38.7 Å². The summed E-state index contributed by atoms with van der Waals surface area (Å²) in [6.45, 7) is 2.26. The average Bonchev–Trinajstić information content (AvgIpc) is 3.32. The summed E-state index contributed by atoms with van der Waals surface area (Å²) in [7, 11) is 1.62. The van der Waals surface area contributed by atoms with Crippen molar-refractivity contribution in [3.05, 3.63) is 58.2 Å². The summed E-state index contributed by atoms with van der Waals surface area (Å²) in [6, 6.07) is 12.7. The van der Waals surface area contributed by atoms with E-state index < -0.39 is 0 Å². The Labute approximate surface area is 217 Å². The summed E-state index contributed by atoms with van der Waals surface area (Å²) in [6.07, 6.45) is 0. The second-order valence-electron chi connectivity index (χ2n) is 8.17. The summed E-state index contributed by atoms with van der Waals surface area (Å²) in [4.78, 5) is 18.0. The topological polar surface area (TPSA) is 129 Å². The van der Waals surface area contributed by atoms with Crippen LogP contribution in [0.15, 0.2) is 47.5 Å². The molecule has 2 aromatic carbocycles. The number of nitrogens with two attached hydrogens (primary N) is 1. The number of halogens is 2. The Hall–Kier alpha value is -3.60. The Morgan fingerprint density at radius 1 is 1.11 bits per heavy atom. The van der Waals surface area contributed by atoms with E-state index in [1.54, 1.807) is 19.2 Å². The maximum absolute atomic E-state index is 10.1. The molecule has 4 N–H and O–H groups in total. The smallest absolute Gasteiger partial charge is 0.202 e. The number of hydrogen-bond acceptors (Lipinski definition) is 7. The highest BCUT2D eigenvalue weighted by Crippen LogP contribution is 2.35. The third-order valence-corrected chi connectivity index (χ3v) is 6.85. The summed E-state index contributed by atoms with van der Waals surface area (Å²) in [5, 5.41) is 18.2. The molecule has 0 aliphatic carbocycles. The van der Waals surface area contributed by atoms with E-state index in [1.165, 1.54) is 0 Å². The van der Waals surface area contributed by atoms with E-state index in [1.807, 2.05) is 35.2 Å². The van der Waals surface area contributed by atoms with E-state index in [9.17, 15) is 5.11 Å². The fourth-order valence-electron chi connectivity index (χ4n) is 4.11. The molecule has 186 valence electrons. The Kier molecular flexibility index (Phi) is 6.82. The van der Waals surface area contributed by atoms with Crippen molar-refractivity contribution in [2.45, 2.75) is 6.61 Å². The van der Waals surface area contributed by atoms with Crippen molar-refractivity contribution in [2.75, 3.05) is 38.2 Å². The lowest BCUT2D eigenvalue weighted by Gasteiger charge is -2.36. The van der Waals surface area contributed by atoms with Gasteiger partial charge >= 0.3 is 0 Å². The van der Waals surface area contributed by atoms with Crippen LogP contribution in [0.3, 0.4) is 0 Å². The Bertz CT molecular complexity index is 1420. The number of methoxy groups -OCH3 is 1. The van der Waals surface area contributed by atoms with Crippen molar-refractivity contribution in [1.29, 1.82) is 0 Å². The summed E-state index contributed by atoms with van der Waals surface area (Å²) in [5.74, 6) is 1.79. The van der Waals surface area contributed by atoms with Gasteiger partial charge in [0.25, 0.3) is 0 Å². The predicted molar refractivity (Wildman–Crippen MR) is 141 cm³/mol. The number of piperazine rings is 1. The number of rotatable bonds is 5. The van der Waals surface area contributed by atoms with Gasteiger partial charge in [-0.05, 0) is 30.3 Å². The van der Waals surface area contributed by atoms with Crippen LogP contribution in [0.1, 0.15) is 5.69 Å². The molecule has 1 aliphatic heterocycles. The minimum Gasteiger partial charge on any atom is -0.497 e. The second-order valence-corrected chi connectivity index (χ2v) is 8.95. The molecule has 3 heterocycles. The molecule has 0 bridgehead atoms. The molecule has 0 atom stereocenters. The van der Waals surface area contributed by atoms with Gasteiger partial charge in [0.2, 0.25) is 5.65 Å². The van der Waals surface area contributed by atoms with Gasteiger partial charge in [0.15, 0.2) is 11.8 Å². The quantitative estimate of drug-likeness (QED) is 0.265. The number of aromatic nitrogens is 4. The Morgan fingerprint density at radius 2 is 1.86 bits per heavy atom. The highest BCUT2D eigenvalue weighted by Gasteiger charge is 2.24. The number of aliphatic imine (C=N–C) groups is 1. The van der Waals surface area contributed by atoms with Crippen molar-refractivity contribution >= 4 is 51.8 Å².